The van der Waals surface area contributed by atoms with Gasteiger partial charge in [0.25, 0.3) is 0 Å². The first-order valence-electron chi connectivity index (χ1n) is 4.95. The largest absolute Gasteiger partial charge is 0.313 e. The van der Waals surface area contributed by atoms with Gasteiger partial charge in [0, 0.05) is 24.7 Å². The van der Waals surface area contributed by atoms with Gasteiger partial charge in [0.2, 0.25) is 5.91 Å². The highest BCUT2D eigenvalue weighted by atomic mass is 16.2. The lowest BCUT2D eigenvalue weighted by Crippen LogP contribution is -2.27. The summed E-state index contributed by atoms with van der Waals surface area (Å²) in [6, 6.07) is 7.07. The first-order chi connectivity index (χ1) is 7.06. The molecule has 0 N–H and O–H groups in total. The van der Waals surface area contributed by atoms with E-state index in [9.17, 15) is 9.59 Å². The van der Waals surface area contributed by atoms with Crippen molar-refractivity contribution in [2.24, 2.45) is 0 Å². The fourth-order valence-electron chi connectivity index (χ4n) is 1.46. The molecule has 80 valence electrons. The summed E-state index contributed by atoms with van der Waals surface area (Å²) in [6.45, 7) is 5.61. The van der Waals surface area contributed by atoms with Gasteiger partial charge in [-0.3, -0.25) is 9.59 Å². The molecular weight excluding hydrogens is 190 g/mol. The molecule has 0 aliphatic rings. The maximum Gasteiger partial charge on any atom is 0.223 e. The van der Waals surface area contributed by atoms with Crippen molar-refractivity contribution in [2.45, 2.75) is 20.8 Å². The Kier molecular flexibility index (Phi) is 3.61. The van der Waals surface area contributed by atoms with E-state index < -0.39 is 0 Å². The topological polar surface area (TPSA) is 37.4 Å². The second-order valence-corrected chi connectivity index (χ2v) is 3.37. The molecule has 0 aromatic heterocycles. The van der Waals surface area contributed by atoms with Crippen LogP contribution in [0.3, 0.4) is 0 Å². The third kappa shape index (κ3) is 2.65. The van der Waals surface area contributed by atoms with Crippen LogP contribution in [0, 0.1) is 0 Å². The van der Waals surface area contributed by atoms with Crippen molar-refractivity contribution < 1.29 is 9.59 Å². The van der Waals surface area contributed by atoms with Crippen LogP contribution < -0.4 is 4.90 Å². The van der Waals surface area contributed by atoms with Crippen molar-refractivity contribution in [2.75, 3.05) is 11.4 Å². The lowest BCUT2D eigenvalue weighted by Gasteiger charge is -2.18. The molecule has 1 aromatic carbocycles. The van der Waals surface area contributed by atoms with E-state index in [1.165, 1.54) is 13.8 Å². The second-order valence-electron chi connectivity index (χ2n) is 3.37. The number of anilines is 1. The monoisotopic (exact) mass is 205 g/mol. The van der Waals surface area contributed by atoms with Gasteiger partial charge < -0.3 is 4.90 Å². The molecule has 0 radical (unpaired) electrons. The number of carbonyl (C=O) groups excluding carboxylic acids is 2. The molecule has 1 amide bonds. The van der Waals surface area contributed by atoms with Crippen molar-refractivity contribution in [1.82, 2.24) is 0 Å². The zero-order chi connectivity index (χ0) is 11.4. The fraction of sp³-hybridized carbons (Fsp3) is 0.333. The van der Waals surface area contributed by atoms with Gasteiger partial charge in [-0.15, -0.1) is 0 Å². The number of nitrogens with zero attached hydrogens (tertiary/aromatic N) is 1. The van der Waals surface area contributed by atoms with Gasteiger partial charge in [-0.05, 0) is 38.1 Å². The smallest absolute Gasteiger partial charge is 0.223 e. The maximum absolute atomic E-state index is 11.3. The first kappa shape index (κ1) is 11.4. The van der Waals surface area contributed by atoms with Crippen LogP contribution in [0.5, 0.6) is 0 Å². The normalized spacial score (nSPS) is 9.80. The lowest BCUT2D eigenvalue weighted by atomic mass is 10.1. The fourth-order valence-corrected chi connectivity index (χ4v) is 1.46. The van der Waals surface area contributed by atoms with Crippen molar-refractivity contribution in [3.8, 4) is 0 Å². The van der Waals surface area contributed by atoms with Crippen molar-refractivity contribution in [3.05, 3.63) is 29.8 Å². The number of hydrogen-bond donors (Lipinski definition) is 0. The van der Waals surface area contributed by atoms with Crippen molar-refractivity contribution in [1.29, 1.82) is 0 Å². The van der Waals surface area contributed by atoms with E-state index in [0.29, 0.717) is 12.1 Å². The van der Waals surface area contributed by atoms with Gasteiger partial charge in [0.1, 0.15) is 0 Å². The van der Waals surface area contributed by atoms with Crippen LogP contribution in [0.25, 0.3) is 0 Å². The Morgan fingerprint density at radius 2 is 1.67 bits per heavy atom. The number of rotatable bonds is 3. The molecule has 0 saturated carbocycles. The van der Waals surface area contributed by atoms with Crippen molar-refractivity contribution in [3.63, 3.8) is 0 Å². The summed E-state index contributed by atoms with van der Waals surface area (Å²) in [7, 11) is 0. The Hall–Kier alpha value is -1.64. The van der Waals surface area contributed by atoms with Gasteiger partial charge in [0.05, 0.1) is 0 Å². The van der Waals surface area contributed by atoms with Crippen LogP contribution in [-0.2, 0) is 4.79 Å². The molecule has 0 aliphatic carbocycles. The van der Waals surface area contributed by atoms with Gasteiger partial charge in [-0.2, -0.15) is 0 Å². The van der Waals surface area contributed by atoms with Crippen LogP contribution in [0.1, 0.15) is 31.1 Å². The Balaban J connectivity index is 2.97. The molecule has 0 spiro atoms. The van der Waals surface area contributed by atoms with E-state index in [-0.39, 0.29) is 11.7 Å². The second kappa shape index (κ2) is 4.73. The maximum atomic E-state index is 11.3. The quantitative estimate of drug-likeness (QED) is 0.710. The summed E-state index contributed by atoms with van der Waals surface area (Å²) >= 11 is 0. The summed E-state index contributed by atoms with van der Waals surface area (Å²) in [6.07, 6.45) is 0. The van der Waals surface area contributed by atoms with Crippen LogP contribution in [-0.4, -0.2) is 18.2 Å². The molecular formula is C12H15NO2. The van der Waals surface area contributed by atoms with E-state index in [0.717, 1.165) is 5.69 Å². The molecule has 3 heteroatoms. The zero-order valence-corrected chi connectivity index (χ0v) is 9.28. The molecule has 15 heavy (non-hydrogen) atoms. The summed E-state index contributed by atoms with van der Waals surface area (Å²) in [5.74, 6) is 0.0421. The SMILES string of the molecule is CCN(C(C)=O)c1ccc(C(C)=O)cc1. The van der Waals surface area contributed by atoms with E-state index in [2.05, 4.69) is 0 Å². The molecule has 1 aromatic rings. The Morgan fingerprint density at radius 3 is 2.00 bits per heavy atom. The van der Waals surface area contributed by atoms with Gasteiger partial charge >= 0.3 is 0 Å². The lowest BCUT2D eigenvalue weighted by molar-refractivity contribution is -0.116. The highest BCUT2D eigenvalue weighted by Gasteiger charge is 2.08. The van der Waals surface area contributed by atoms with Crippen molar-refractivity contribution >= 4 is 17.4 Å². The Bertz CT molecular complexity index is 368. The molecule has 0 atom stereocenters. The zero-order valence-electron chi connectivity index (χ0n) is 9.28. The minimum absolute atomic E-state index is 0.00748. The summed E-state index contributed by atoms with van der Waals surface area (Å²) in [5.41, 5.74) is 1.49. The molecule has 3 nitrogen and oxygen atoms in total. The number of Topliss-reactive ketones (excluding diaryl/α,β-unsaturated/α-hetero) is 1. The predicted molar refractivity (Wildman–Crippen MR) is 60.1 cm³/mol. The van der Waals surface area contributed by atoms with E-state index >= 15 is 0 Å². The van der Waals surface area contributed by atoms with Gasteiger partial charge in [0.15, 0.2) is 5.78 Å². The van der Waals surface area contributed by atoms with Crippen LogP contribution >= 0.6 is 0 Å². The minimum atomic E-state index is 0.00748. The number of carbonyl (C=O) groups is 2. The number of benzene rings is 1. The summed E-state index contributed by atoms with van der Waals surface area (Å²) in [5, 5.41) is 0. The summed E-state index contributed by atoms with van der Waals surface area (Å²) < 4.78 is 0. The van der Waals surface area contributed by atoms with Gasteiger partial charge in [-0.1, -0.05) is 0 Å². The Labute approximate surface area is 89.7 Å². The van der Waals surface area contributed by atoms with E-state index in [1.807, 2.05) is 6.92 Å². The van der Waals surface area contributed by atoms with E-state index in [1.54, 1.807) is 29.2 Å². The molecule has 1 rings (SSSR count). The predicted octanol–water partition coefficient (Wildman–Crippen LogP) is 2.26. The third-order valence-corrected chi connectivity index (χ3v) is 2.28. The van der Waals surface area contributed by atoms with Crippen LogP contribution in [0.2, 0.25) is 0 Å². The van der Waals surface area contributed by atoms with Crippen LogP contribution in [0.15, 0.2) is 24.3 Å². The minimum Gasteiger partial charge on any atom is -0.313 e. The van der Waals surface area contributed by atoms with E-state index in [4.69, 9.17) is 0 Å². The summed E-state index contributed by atoms with van der Waals surface area (Å²) in [4.78, 5) is 24.0. The third-order valence-electron chi connectivity index (χ3n) is 2.28. The molecule has 0 heterocycles. The molecule has 0 saturated heterocycles. The highest BCUT2D eigenvalue weighted by molar-refractivity contribution is 5.95. The van der Waals surface area contributed by atoms with Gasteiger partial charge in [-0.25, -0.2) is 0 Å². The Morgan fingerprint density at radius 1 is 1.13 bits per heavy atom. The highest BCUT2D eigenvalue weighted by Crippen LogP contribution is 2.15. The average molecular weight is 205 g/mol. The number of hydrogen-bond acceptors (Lipinski definition) is 2. The van der Waals surface area contributed by atoms with Crippen LogP contribution in [0.4, 0.5) is 5.69 Å². The molecule has 0 unspecified atom stereocenters. The first-order valence-corrected chi connectivity index (χ1v) is 4.95. The number of ketones is 1. The number of amides is 1. The molecule has 0 aliphatic heterocycles. The molecule has 0 bridgehead atoms. The standard InChI is InChI=1S/C12H15NO2/c1-4-13(10(3)15)12-7-5-11(6-8-12)9(2)14/h5-8H,4H2,1-3H3. The molecule has 0 fully saturated rings. The average Bonchev–Trinajstić information content (AvgIpc) is 2.19.